The second-order valence-electron chi connectivity index (χ2n) is 19.3. The van der Waals surface area contributed by atoms with Crippen LogP contribution in [0.25, 0.3) is 0 Å². The standard InChI is InChI=1S/C44H77IN6O13/c1-23-20-42(7,56)36(63-40-33(29(50(10)11)19-24(2)60-40)59-18-14-15-49-38(54)31-37(46)48-17-16-47-31)25(3)32(62-30-21-43(8,58-13)35(53)28(6)61-30)26(4)39(55)64-41(45)44(9,57)34(52)27(5)51(12)22-23/h16-17,23-30,32-36,40-41,52-53,56-57H,14-15,18-22H2,1-13H3,(H2,46,48)(H,49,54)/t23-,24-,25+,26-,27-,28+,29+,30+,32+,33-,34-,35+,36-,40+,41+,42-,43-,44+/m1/s1. The minimum absolute atomic E-state index is 0.0287. The van der Waals surface area contributed by atoms with Crippen LogP contribution in [0, 0.1) is 17.8 Å². The van der Waals surface area contributed by atoms with E-state index in [-0.39, 0.29) is 55.6 Å². The fraction of sp³-hybridized carbons (Fsp3) is 0.864. The maximum Gasteiger partial charge on any atom is 0.312 e. The third-order valence-corrected chi connectivity index (χ3v) is 15.0. The van der Waals surface area contributed by atoms with Crippen LogP contribution in [0.2, 0.25) is 0 Å². The van der Waals surface area contributed by atoms with E-state index >= 15 is 0 Å². The minimum atomic E-state index is -1.85. The normalized spacial score (nSPS) is 42.4. The number of nitrogens with one attached hydrogen (secondary N) is 1. The molecule has 3 aliphatic rings. The van der Waals surface area contributed by atoms with E-state index in [0.717, 1.165) is 0 Å². The average molecular weight is 1030 g/mol. The molecule has 0 unspecified atom stereocenters. The Hall–Kier alpha value is -1.93. The van der Waals surface area contributed by atoms with Gasteiger partial charge in [0.15, 0.2) is 28.2 Å². The highest BCUT2D eigenvalue weighted by atomic mass is 127. The van der Waals surface area contributed by atoms with Crippen LogP contribution in [0.15, 0.2) is 12.4 Å². The van der Waals surface area contributed by atoms with Crippen molar-refractivity contribution < 1.29 is 63.2 Å². The number of rotatable bonds is 12. The molecule has 3 fully saturated rings. The fourth-order valence-electron chi connectivity index (χ4n) is 9.41. The fourth-order valence-corrected chi connectivity index (χ4v) is 10.0. The third-order valence-electron chi connectivity index (χ3n) is 13.4. The summed E-state index contributed by atoms with van der Waals surface area (Å²) in [5.74, 6) is -3.17. The van der Waals surface area contributed by atoms with Crippen LogP contribution in [0.3, 0.4) is 0 Å². The zero-order chi connectivity index (χ0) is 48.1. The van der Waals surface area contributed by atoms with Gasteiger partial charge in [-0.25, -0.2) is 9.97 Å². The Bertz CT molecular complexity index is 1670. The Labute approximate surface area is 392 Å². The second kappa shape index (κ2) is 22.9. The zero-order valence-electron chi connectivity index (χ0n) is 40.0. The third kappa shape index (κ3) is 13.2. The number of alkyl halides is 1. The second-order valence-corrected chi connectivity index (χ2v) is 20.5. The summed E-state index contributed by atoms with van der Waals surface area (Å²) in [7, 11) is 7.23. The highest BCUT2D eigenvalue weighted by Crippen LogP contribution is 2.40. The van der Waals surface area contributed by atoms with Gasteiger partial charge in [0.1, 0.15) is 23.9 Å². The van der Waals surface area contributed by atoms with Crippen LogP contribution in [-0.4, -0.2) is 188 Å². The van der Waals surface area contributed by atoms with Gasteiger partial charge >= 0.3 is 5.97 Å². The molecular formula is C44H77IN6O13. The quantitative estimate of drug-likeness (QED) is 0.0759. The predicted octanol–water partition coefficient (Wildman–Crippen LogP) is 2.10. The molecule has 3 aliphatic heterocycles. The van der Waals surface area contributed by atoms with Crippen molar-refractivity contribution in [2.45, 2.75) is 176 Å². The number of nitrogen functional groups attached to an aromatic ring is 1. The topological polar surface area (TPSA) is 250 Å². The predicted molar refractivity (Wildman–Crippen MR) is 245 cm³/mol. The number of anilines is 1. The highest BCUT2D eigenvalue weighted by Gasteiger charge is 2.53. The molecule has 0 aromatic carbocycles. The highest BCUT2D eigenvalue weighted by molar-refractivity contribution is 14.1. The van der Waals surface area contributed by atoms with Gasteiger partial charge in [0.05, 0.1) is 41.5 Å². The molecule has 64 heavy (non-hydrogen) atoms. The summed E-state index contributed by atoms with van der Waals surface area (Å²) in [6.07, 6.45) is -3.91. The van der Waals surface area contributed by atoms with Crippen LogP contribution >= 0.6 is 22.6 Å². The molecule has 0 radical (unpaired) electrons. The number of cyclic esters (lactones) is 1. The first kappa shape index (κ1) is 54.7. The summed E-state index contributed by atoms with van der Waals surface area (Å²) in [4.78, 5) is 39.0. The molecule has 4 heterocycles. The molecule has 0 saturated carbocycles. The van der Waals surface area contributed by atoms with E-state index in [0.29, 0.717) is 19.4 Å². The number of carbonyl (C=O) groups excluding carboxylic acids is 2. The number of likely N-dealkylation sites (N-methyl/N-ethyl adjacent to an activating group) is 2. The van der Waals surface area contributed by atoms with Crippen molar-refractivity contribution in [1.29, 1.82) is 0 Å². The number of nitrogens with zero attached hydrogens (tertiary/aromatic N) is 4. The van der Waals surface area contributed by atoms with Crippen molar-refractivity contribution in [3.05, 3.63) is 18.1 Å². The maximum absolute atomic E-state index is 14.3. The van der Waals surface area contributed by atoms with Crippen molar-refractivity contribution in [2.75, 3.05) is 53.7 Å². The van der Waals surface area contributed by atoms with Crippen LogP contribution in [0.1, 0.15) is 98.5 Å². The summed E-state index contributed by atoms with van der Waals surface area (Å²) in [5, 5.41) is 49.9. The molecule has 19 nitrogen and oxygen atoms in total. The van der Waals surface area contributed by atoms with E-state index in [1.165, 1.54) is 26.4 Å². The smallest absolute Gasteiger partial charge is 0.312 e. The Morgan fingerprint density at radius 2 is 1.67 bits per heavy atom. The van der Waals surface area contributed by atoms with E-state index in [9.17, 15) is 30.0 Å². The Kier molecular flexibility index (Phi) is 19.6. The number of amides is 1. The first-order valence-corrected chi connectivity index (χ1v) is 23.7. The average Bonchev–Trinajstić information content (AvgIpc) is 3.22. The summed E-state index contributed by atoms with van der Waals surface area (Å²) < 4.78 is 43.8. The van der Waals surface area contributed by atoms with Gasteiger partial charge in [-0.05, 0) is 117 Å². The molecule has 1 aromatic heterocycles. The van der Waals surface area contributed by atoms with Crippen molar-refractivity contribution in [1.82, 2.24) is 25.1 Å². The summed E-state index contributed by atoms with van der Waals surface area (Å²) in [6.45, 7) is 16.7. The molecule has 0 aliphatic carbocycles. The Morgan fingerprint density at radius 1 is 1.02 bits per heavy atom. The van der Waals surface area contributed by atoms with Gasteiger partial charge in [0.2, 0.25) is 0 Å². The number of aromatic nitrogens is 2. The molecule has 1 aromatic rings. The van der Waals surface area contributed by atoms with Gasteiger partial charge in [-0.2, -0.15) is 0 Å². The number of aliphatic hydroxyl groups excluding tert-OH is 2. The van der Waals surface area contributed by atoms with E-state index in [2.05, 4.69) is 15.3 Å². The van der Waals surface area contributed by atoms with Gasteiger partial charge in [-0.15, -0.1) is 0 Å². The molecule has 368 valence electrons. The Balaban J connectivity index is 1.74. The number of esters is 1. The van der Waals surface area contributed by atoms with Gasteiger partial charge in [-0.3, -0.25) is 9.59 Å². The maximum atomic E-state index is 14.3. The number of halogens is 1. The summed E-state index contributed by atoms with van der Waals surface area (Å²) in [5.41, 5.74) is 1.37. The lowest BCUT2D eigenvalue weighted by Gasteiger charge is -2.49. The minimum Gasteiger partial charge on any atom is -0.448 e. The number of aliphatic hydroxyl groups is 4. The van der Waals surface area contributed by atoms with Crippen molar-refractivity contribution in [3.8, 4) is 0 Å². The number of hydrogen-bond acceptors (Lipinski definition) is 18. The van der Waals surface area contributed by atoms with E-state index in [4.69, 9.17) is 38.9 Å². The number of hydrogen-bond donors (Lipinski definition) is 6. The van der Waals surface area contributed by atoms with Crippen LogP contribution in [0.5, 0.6) is 0 Å². The van der Waals surface area contributed by atoms with Crippen molar-refractivity contribution in [2.24, 2.45) is 17.8 Å². The van der Waals surface area contributed by atoms with Crippen molar-refractivity contribution >= 4 is 40.3 Å². The van der Waals surface area contributed by atoms with Gasteiger partial charge in [0, 0.05) is 63.6 Å². The monoisotopic (exact) mass is 1020 g/mol. The molecule has 0 spiro atoms. The first-order valence-electron chi connectivity index (χ1n) is 22.4. The van der Waals surface area contributed by atoms with Crippen LogP contribution < -0.4 is 11.1 Å². The van der Waals surface area contributed by atoms with Gasteiger partial charge in [0.25, 0.3) is 5.91 Å². The first-order chi connectivity index (χ1) is 29.7. The SMILES string of the molecule is CO[C@]1(C)C[C@H](O[C@H]2[C@H](C)[C@@H](O[C@@H]3O[C@H](C)C[C@H](N(C)C)[C@H]3OCCCNC(=O)c3nccnc3N)[C@](C)(O)C[C@@H](C)CN(C)[C@H](C)[C@@H](O)[C@](C)(O)[C@@H](I)OC(=O)[C@@H]2C)O[C@@H](C)[C@@H]1O. The van der Waals surface area contributed by atoms with Crippen LogP contribution in [0.4, 0.5) is 5.82 Å². The number of carbonyl (C=O) groups is 2. The summed E-state index contributed by atoms with van der Waals surface area (Å²) in [6, 6.07) is -0.759. The number of ether oxygens (including phenoxy) is 7. The lowest BCUT2D eigenvalue weighted by Crippen LogP contribution is -2.61. The lowest BCUT2D eigenvalue weighted by molar-refractivity contribution is -0.321. The molecule has 4 rings (SSSR count). The molecule has 0 bridgehead atoms. The molecule has 18 atom stereocenters. The molecule has 1 amide bonds. The van der Waals surface area contributed by atoms with Gasteiger partial charge < -0.3 is 74.4 Å². The van der Waals surface area contributed by atoms with Crippen molar-refractivity contribution in [3.63, 3.8) is 0 Å². The number of nitrogens with two attached hydrogens (primary N) is 1. The number of methoxy groups -OCH3 is 1. The van der Waals surface area contributed by atoms with E-state index in [1.54, 1.807) is 34.6 Å². The Morgan fingerprint density at radius 3 is 2.30 bits per heavy atom. The largest absolute Gasteiger partial charge is 0.448 e. The van der Waals surface area contributed by atoms with Crippen LogP contribution in [-0.2, 0) is 38.0 Å². The van der Waals surface area contributed by atoms with E-state index in [1.807, 2.05) is 74.3 Å². The zero-order valence-corrected chi connectivity index (χ0v) is 42.1. The van der Waals surface area contributed by atoms with Gasteiger partial charge in [-0.1, -0.05) is 13.8 Å². The van der Waals surface area contributed by atoms with E-state index < -0.39 is 99.9 Å². The molecule has 20 heteroatoms. The molecule has 3 saturated heterocycles. The molecule has 7 N–H and O–H groups in total. The molecular weight excluding hydrogens is 947 g/mol. The lowest BCUT2D eigenvalue weighted by atomic mass is 9.77. The summed E-state index contributed by atoms with van der Waals surface area (Å²) >= 11 is 1.83.